The zero-order chi connectivity index (χ0) is 17.8. The number of urea groups is 1. The van der Waals surface area contributed by atoms with Crippen molar-refractivity contribution in [1.82, 2.24) is 5.32 Å². The highest BCUT2D eigenvalue weighted by atomic mass is 79.9. The van der Waals surface area contributed by atoms with Crippen LogP contribution in [0.4, 0.5) is 16.2 Å². The molecule has 2 amide bonds. The SMILES string of the molecule is CC(Nc1ccc(C#N)cc1Br)c1ccc(NC(=O)NC2CC2)cc1. The Balaban J connectivity index is 1.61. The Morgan fingerprint density at radius 3 is 2.56 bits per heavy atom. The van der Waals surface area contributed by atoms with Gasteiger partial charge in [0.15, 0.2) is 0 Å². The Hall–Kier alpha value is -2.52. The second-order valence-corrected chi connectivity index (χ2v) is 7.02. The molecule has 1 unspecified atom stereocenters. The topological polar surface area (TPSA) is 77.0 Å². The molecular weight excluding hydrogens is 380 g/mol. The fourth-order valence-corrected chi connectivity index (χ4v) is 2.95. The van der Waals surface area contributed by atoms with Crippen LogP contribution in [0, 0.1) is 11.3 Å². The van der Waals surface area contributed by atoms with Gasteiger partial charge in [0.25, 0.3) is 0 Å². The number of hydrogen-bond donors (Lipinski definition) is 3. The lowest BCUT2D eigenvalue weighted by atomic mass is 10.1. The summed E-state index contributed by atoms with van der Waals surface area (Å²) in [5.41, 5.74) is 3.42. The number of nitrogens with zero attached hydrogens (tertiary/aromatic N) is 1. The van der Waals surface area contributed by atoms with Crippen LogP contribution in [0.3, 0.4) is 0 Å². The van der Waals surface area contributed by atoms with Crippen LogP contribution in [0.1, 0.15) is 36.9 Å². The molecule has 0 radical (unpaired) electrons. The molecular formula is C19H19BrN4O. The fourth-order valence-electron chi connectivity index (χ4n) is 2.45. The second-order valence-electron chi connectivity index (χ2n) is 6.17. The summed E-state index contributed by atoms with van der Waals surface area (Å²) in [5, 5.41) is 18.1. The van der Waals surface area contributed by atoms with Gasteiger partial charge in [-0.2, -0.15) is 5.26 Å². The molecule has 0 spiro atoms. The molecule has 3 N–H and O–H groups in total. The number of rotatable bonds is 5. The Bertz CT molecular complexity index is 809. The molecule has 1 fully saturated rings. The molecule has 0 aromatic heterocycles. The Labute approximate surface area is 155 Å². The predicted octanol–water partition coefficient (Wildman–Crippen LogP) is 4.78. The molecule has 5 nitrogen and oxygen atoms in total. The fraction of sp³-hybridized carbons (Fsp3) is 0.263. The summed E-state index contributed by atoms with van der Waals surface area (Å²) in [6, 6.07) is 15.6. The van der Waals surface area contributed by atoms with E-state index in [9.17, 15) is 4.79 Å². The molecule has 0 heterocycles. The third kappa shape index (κ3) is 4.74. The first-order valence-electron chi connectivity index (χ1n) is 8.19. The van der Waals surface area contributed by atoms with Gasteiger partial charge in [0.1, 0.15) is 0 Å². The molecule has 25 heavy (non-hydrogen) atoms. The van der Waals surface area contributed by atoms with Crippen LogP contribution in [0.5, 0.6) is 0 Å². The van der Waals surface area contributed by atoms with Crippen molar-refractivity contribution in [2.24, 2.45) is 0 Å². The van der Waals surface area contributed by atoms with Crippen LogP contribution in [0.2, 0.25) is 0 Å². The average molecular weight is 399 g/mol. The zero-order valence-electron chi connectivity index (χ0n) is 13.8. The van der Waals surface area contributed by atoms with Gasteiger partial charge >= 0.3 is 6.03 Å². The largest absolute Gasteiger partial charge is 0.378 e. The van der Waals surface area contributed by atoms with E-state index in [2.05, 4.69) is 44.9 Å². The molecule has 6 heteroatoms. The number of benzene rings is 2. The molecule has 1 aliphatic carbocycles. The van der Waals surface area contributed by atoms with Crippen molar-refractivity contribution in [3.8, 4) is 6.07 Å². The molecule has 1 saturated carbocycles. The minimum Gasteiger partial charge on any atom is -0.378 e. The summed E-state index contributed by atoms with van der Waals surface area (Å²) in [5.74, 6) is 0. The maximum absolute atomic E-state index is 11.7. The van der Waals surface area contributed by atoms with Gasteiger partial charge in [0, 0.05) is 27.9 Å². The van der Waals surface area contributed by atoms with Gasteiger partial charge in [-0.25, -0.2) is 4.79 Å². The number of nitriles is 1. The number of nitrogens with one attached hydrogen (secondary N) is 3. The lowest BCUT2D eigenvalue weighted by Gasteiger charge is -2.17. The van der Waals surface area contributed by atoms with Crippen LogP contribution in [-0.2, 0) is 0 Å². The summed E-state index contributed by atoms with van der Waals surface area (Å²) in [6.07, 6.45) is 2.14. The van der Waals surface area contributed by atoms with Crippen molar-refractivity contribution in [2.45, 2.75) is 31.8 Å². The number of hydrogen-bond acceptors (Lipinski definition) is 3. The molecule has 3 rings (SSSR count). The van der Waals surface area contributed by atoms with E-state index in [1.165, 1.54) is 0 Å². The van der Waals surface area contributed by atoms with E-state index in [4.69, 9.17) is 5.26 Å². The van der Waals surface area contributed by atoms with Gasteiger partial charge in [-0.3, -0.25) is 0 Å². The van der Waals surface area contributed by atoms with Crippen LogP contribution in [0.25, 0.3) is 0 Å². The predicted molar refractivity (Wildman–Crippen MR) is 103 cm³/mol. The number of halogens is 1. The normalized spacial score (nSPS) is 14.3. The monoisotopic (exact) mass is 398 g/mol. The van der Waals surface area contributed by atoms with Gasteiger partial charge in [-0.15, -0.1) is 0 Å². The zero-order valence-corrected chi connectivity index (χ0v) is 15.4. The van der Waals surface area contributed by atoms with E-state index in [1.54, 1.807) is 12.1 Å². The van der Waals surface area contributed by atoms with Crippen LogP contribution in [-0.4, -0.2) is 12.1 Å². The van der Waals surface area contributed by atoms with Crippen LogP contribution >= 0.6 is 15.9 Å². The first kappa shape index (κ1) is 17.3. The van der Waals surface area contributed by atoms with E-state index in [1.807, 2.05) is 30.3 Å². The van der Waals surface area contributed by atoms with Crippen LogP contribution < -0.4 is 16.0 Å². The molecule has 2 aromatic carbocycles. The third-order valence-corrected chi connectivity index (χ3v) is 4.71. The van der Waals surface area contributed by atoms with E-state index < -0.39 is 0 Å². The quantitative estimate of drug-likeness (QED) is 0.677. The molecule has 0 bridgehead atoms. The maximum atomic E-state index is 11.7. The molecule has 1 aliphatic rings. The van der Waals surface area contributed by atoms with Gasteiger partial charge in [-0.05, 0) is 71.6 Å². The summed E-state index contributed by atoms with van der Waals surface area (Å²) < 4.78 is 0.855. The number of carbonyl (C=O) groups excluding carboxylic acids is 1. The summed E-state index contributed by atoms with van der Waals surface area (Å²) >= 11 is 3.48. The summed E-state index contributed by atoms with van der Waals surface area (Å²) in [6.45, 7) is 2.06. The van der Waals surface area contributed by atoms with E-state index in [0.717, 1.165) is 34.3 Å². The lowest BCUT2D eigenvalue weighted by molar-refractivity contribution is 0.251. The molecule has 128 valence electrons. The molecule has 0 aliphatic heterocycles. The lowest BCUT2D eigenvalue weighted by Crippen LogP contribution is -2.30. The van der Waals surface area contributed by atoms with Crippen molar-refractivity contribution < 1.29 is 4.79 Å². The standard InChI is InChI=1S/C19H19BrN4O/c1-12(22-18-9-2-13(11-21)10-17(18)20)14-3-5-15(6-4-14)23-19(25)24-16-7-8-16/h2-6,9-10,12,16,22H,7-8H2,1H3,(H2,23,24,25). The molecule has 2 aromatic rings. The van der Waals surface area contributed by atoms with Crippen molar-refractivity contribution in [3.63, 3.8) is 0 Å². The molecule has 1 atom stereocenters. The van der Waals surface area contributed by atoms with E-state index in [0.29, 0.717) is 11.6 Å². The number of carbonyl (C=O) groups is 1. The highest BCUT2D eigenvalue weighted by Gasteiger charge is 2.23. The third-order valence-electron chi connectivity index (χ3n) is 4.05. The maximum Gasteiger partial charge on any atom is 0.319 e. The summed E-state index contributed by atoms with van der Waals surface area (Å²) in [7, 11) is 0. The van der Waals surface area contributed by atoms with Gasteiger partial charge in [-0.1, -0.05) is 12.1 Å². The highest BCUT2D eigenvalue weighted by Crippen LogP contribution is 2.28. The molecule has 0 saturated heterocycles. The van der Waals surface area contributed by atoms with Crippen molar-refractivity contribution >= 4 is 33.3 Å². The average Bonchev–Trinajstić information content (AvgIpc) is 3.41. The van der Waals surface area contributed by atoms with E-state index >= 15 is 0 Å². The van der Waals surface area contributed by atoms with Gasteiger partial charge in [0.2, 0.25) is 0 Å². The number of amides is 2. The van der Waals surface area contributed by atoms with Crippen LogP contribution in [0.15, 0.2) is 46.9 Å². The Kier molecular flexibility index (Phi) is 5.25. The van der Waals surface area contributed by atoms with Gasteiger partial charge < -0.3 is 16.0 Å². The first-order valence-corrected chi connectivity index (χ1v) is 8.98. The van der Waals surface area contributed by atoms with Crippen molar-refractivity contribution in [2.75, 3.05) is 10.6 Å². The second kappa shape index (κ2) is 7.58. The van der Waals surface area contributed by atoms with Crippen molar-refractivity contribution in [1.29, 1.82) is 5.26 Å². The first-order chi connectivity index (χ1) is 12.0. The minimum absolute atomic E-state index is 0.0820. The number of anilines is 2. The van der Waals surface area contributed by atoms with Gasteiger partial charge in [0.05, 0.1) is 11.6 Å². The Morgan fingerprint density at radius 1 is 1.24 bits per heavy atom. The highest BCUT2D eigenvalue weighted by molar-refractivity contribution is 9.10. The van der Waals surface area contributed by atoms with E-state index in [-0.39, 0.29) is 12.1 Å². The Morgan fingerprint density at radius 2 is 1.96 bits per heavy atom. The smallest absolute Gasteiger partial charge is 0.319 e. The van der Waals surface area contributed by atoms with Crippen molar-refractivity contribution in [3.05, 3.63) is 58.1 Å². The summed E-state index contributed by atoms with van der Waals surface area (Å²) in [4.78, 5) is 11.7. The minimum atomic E-state index is -0.150.